The van der Waals surface area contributed by atoms with Crippen LogP contribution in [0.4, 0.5) is 13.2 Å². The monoisotopic (exact) mass is 321 g/mol. The number of hydrogen-bond acceptors (Lipinski definition) is 4. The highest BCUT2D eigenvalue weighted by Gasteiger charge is 2.32. The second-order valence-electron chi connectivity index (χ2n) is 5.49. The first-order chi connectivity index (χ1) is 10.3. The van der Waals surface area contributed by atoms with Crippen LogP contribution in [-0.2, 0) is 11.8 Å². The number of hydrogen-bond donors (Lipinski definition) is 0. The molecule has 0 amide bonds. The van der Waals surface area contributed by atoms with E-state index < -0.39 is 12.8 Å². The summed E-state index contributed by atoms with van der Waals surface area (Å²) in [6, 6.07) is 0.123. The summed E-state index contributed by atoms with van der Waals surface area (Å²) in [6.45, 7) is 2.11. The minimum atomic E-state index is -4.27. The van der Waals surface area contributed by atoms with Gasteiger partial charge in [-0.15, -0.1) is 0 Å². The summed E-state index contributed by atoms with van der Waals surface area (Å²) in [5.41, 5.74) is 1.92. The van der Waals surface area contributed by atoms with Crippen LogP contribution in [0.5, 0.6) is 5.88 Å². The van der Waals surface area contributed by atoms with Crippen LogP contribution in [0.2, 0.25) is 0 Å². The maximum absolute atomic E-state index is 12.1. The van der Waals surface area contributed by atoms with Gasteiger partial charge in [0.15, 0.2) is 0 Å². The number of likely N-dealkylation sites (tertiary alicyclic amines) is 1. The molecule has 1 fully saturated rings. The van der Waals surface area contributed by atoms with Crippen LogP contribution in [0.25, 0.3) is 0 Å². The fraction of sp³-hybridized carbons (Fsp3) is 0.786. The molecule has 2 heterocycles. The fourth-order valence-electron chi connectivity index (χ4n) is 3.07. The topological polar surface area (TPSA) is 39.5 Å². The summed E-state index contributed by atoms with van der Waals surface area (Å²) in [5, 5.41) is 4.37. The number of rotatable bonds is 6. The number of methoxy groups -OCH3 is 1. The fourth-order valence-corrected chi connectivity index (χ4v) is 3.07. The van der Waals surface area contributed by atoms with Gasteiger partial charge in [0, 0.05) is 19.6 Å². The SMILES string of the molecule is COc1c(C2CCCN2CCOCC(F)(F)F)c(C)nn1C. The third kappa shape index (κ3) is 3.92. The van der Waals surface area contributed by atoms with Crippen molar-refractivity contribution < 1.29 is 22.6 Å². The van der Waals surface area contributed by atoms with E-state index in [1.165, 1.54) is 0 Å². The minimum Gasteiger partial charge on any atom is -0.481 e. The van der Waals surface area contributed by atoms with Crippen molar-refractivity contribution in [3.8, 4) is 5.88 Å². The summed E-state index contributed by atoms with van der Waals surface area (Å²) in [6.07, 6.45) is -2.32. The molecule has 1 unspecified atom stereocenters. The lowest BCUT2D eigenvalue weighted by molar-refractivity contribution is -0.174. The van der Waals surface area contributed by atoms with Gasteiger partial charge in [0.05, 0.1) is 25.0 Å². The van der Waals surface area contributed by atoms with Gasteiger partial charge >= 0.3 is 6.18 Å². The third-order valence-corrected chi connectivity index (χ3v) is 3.89. The molecule has 1 saturated heterocycles. The van der Waals surface area contributed by atoms with E-state index in [4.69, 9.17) is 9.47 Å². The average molecular weight is 321 g/mol. The van der Waals surface area contributed by atoms with E-state index in [9.17, 15) is 13.2 Å². The Kier molecular flexibility index (Phi) is 5.33. The van der Waals surface area contributed by atoms with Crippen molar-refractivity contribution in [1.82, 2.24) is 14.7 Å². The number of aryl methyl sites for hydroxylation is 2. The standard InChI is InChI=1S/C14H22F3N3O2/c1-10-12(13(21-3)19(2)18-10)11-5-4-6-20(11)7-8-22-9-14(15,16)17/h11H,4-9H2,1-3H3. The molecule has 22 heavy (non-hydrogen) atoms. The van der Waals surface area contributed by atoms with Gasteiger partial charge in [0.1, 0.15) is 6.61 Å². The van der Waals surface area contributed by atoms with Gasteiger partial charge in [-0.1, -0.05) is 0 Å². The Morgan fingerprint density at radius 3 is 2.73 bits per heavy atom. The van der Waals surface area contributed by atoms with Crippen LogP contribution >= 0.6 is 0 Å². The number of halogens is 3. The molecule has 1 atom stereocenters. The van der Waals surface area contributed by atoms with E-state index in [-0.39, 0.29) is 12.6 Å². The van der Waals surface area contributed by atoms with E-state index >= 15 is 0 Å². The van der Waals surface area contributed by atoms with Crippen molar-refractivity contribution in [2.75, 3.05) is 33.4 Å². The van der Waals surface area contributed by atoms with Crippen LogP contribution in [-0.4, -0.2) is 54.3 Å². The van der Waals surface area contributed by atoms with Gasteiger partial charge in [0.25, 0.3) is 0 Å². The molecule has 1 aliphatic rings. The highest BCUT2D eigenvalue weighted by atomic mass is 19.4. The lowest BCUT2D eigenvalue weighted by atomic mass is 10.1. The molecule has 1 aromatic rings. The summed E-state index contributed by atoms with van der Waals surface area (Å²) in [4.78, 5) is 2.14. The molecule has 1 aromatic heterocycles. The van der Waals surface area contributed by atoms with Crippen LogP contribution in [0, 0.1) is 6.92 Å². The first kappa shape index (κ1) is 17.1. The highest BCUT2D eigenvalue weighted by molar-refractivity contribution is 5.34. The van der Waals surface area contributed by atoms with Gasteiger partial charge < -0.3 is 9.47 Å². The Bertz CT molecular complexity index is 502. The molecule has 0 bridgehead atoms. The molecular formula is C14H22F3N3O2. The molecule has 0 saturated carbocycles. The zero-order valence-corrected chi connectivity index (χ0v) is 13.1. The zero-order valence-electron chi connectivity index (χ0n) is 13.1. The zero-order chi connectivity index (χ0) is 16.3. The molecule has 0 N–H and O–H groups in total. The van der Waals surface area contributed by atoms with Crippen molar-refractivity contribution in [3.05, 3.63) is 11.3 Å². The predicted molar refractivity (Wildman–Crippen MR) is 74.9 cm³/mol. The Morgan fingerprint density at radius 1 is 1.36 bits per heavy atom. The van der Waals surface area contributed by atoms with Crippen LogP contribution < -0.4 is 4.74 Å². The second-order valence-corrected chi connectivity index (χ2v) is 5.49. The Hall–Kier alpha value is -1.28. The van der Waals surface area contributed by atoms with Gasteiger partial charge in [-0.3, -0.25) is 4.90 Å². The normalized spacial score (nSPS) is 19.8. The van der Waals surface area contributed by atoms with Crippen molar-refractivity contribution in [2.24, 2.45) is 7.05 Å². The first-order valence-electron chi connectivity index (χ1n) is 7.29. The second kappa shape index (κ2) is 6.87. The Balaban J connectivity index is 1.99. The van der Waals surface area contributed by atoms with E-state index in [0.717, 1.165) is 30.6 Å². The van der Waals surface area contributed by atoms with Gasteiger partial charge in [-0.25, -0.2) is 4.68 Å². The number of ether oxygens (including phenoxy) is 2. The lowest BCUT2D eigenvalue weighted by Crippen LogP contribution is -2.29. The van der Waals surface area contributed by atoms with Crippen molar-refractivity contribution in [1.29, 1.82) is 0 Å². The summed E-state index contributed by atoms with van der Waals surface area (Å²) < 4.78 is 48.1. The molecule has 5 nitrogen and oxygen atoms in total. The van der Waals surface area contributed by atoms with Crippen LogP contribution in [0.3, 0.4) is 0 Å². The van der Waals surface area contributed by atoms with Gasteiger partial charge in [-0.2, -0.15) is 18.3 Å². The lowest BCUT2D eigenvalue weighted by Gasteiger charge is -2.25. The van der Waals surface area contributed by atoms with E-state index in [1.807, 2.05) is 14.0 Å². The van der Waals surface area contributed by atoms with E-state index in [2.05, 4.69) is 10.00 Å². The van der Waals surface area contributed by atoms with Crippen LogP contribution in [0.15, 0.2) is 0 Å². The molecule has 0 aromatic carbocycles. The summed E-state index contributed by atoms with van der Waals surface area (Å²) in [5.74, 6) is 0.714. The Labute approximate surface area is 128 Å². The molecule has 0 spiro atoms. The molecule has 0 aliphatic carbocycles. The Morgan fingerprint density at radius 2 is 2.09 bits per heavy atom. The van der Waals surface area contributed by atoms with E-state index in [1.54, 1.807) is 11.8 Å². The maximum Gasteiger partial charge on any atom is 0.411 e. The summed E-state index contributed by atoms with van der Waals surface area (Å²) >= 11 is 0. The molecule has 0 radical (unpaired) electrons. The van der Waals surface area contributed by atoms with E-state index in [0.29, 0.717) is 12.4 Å². The molecular weight excluding hydrogens is 299 g/mol. The first-order valence-corrected chi connectivity index (χ1v) is 7.29. The quantitative estimate of drug-likeness (QED) is 0.755. The maximum atomic E-state index is 12.1. The molecule has 1 aliphatic heterocycles. The molecule has 2 rings (SSSR count). The molecule has 8 heteroatoms. The largest absolute Gasteiger partial charge is 0.481 e. The number of aromatic nitrogens is 2. The average Bonchev–Trinajstić information content (AvgIpc) is 2.97. The summed E-state index contributed by atoms with van der Waals surface area (Å²) in [7, 11) is 3.42. The number of alkyl halides is 3. The minimum absolute atomic E-state index is 0.0671. The molecule has 126 valence electrons. The predicted octanol–water partition coefficient (Wildman–Crippen LogP) is 2.45. The van der Waals surface area contributed by atoms with Crippen molar-refractivity contribution >= 4 is 0 Å². The number of nitrogens with zero attached hydrogens (tertiary/aromatic N) is 3. The van der Waals surface area contributed by atoms with Crippen molar-refractivity contribution in [2.45, 2.75) is 32.0 Å². The van der Waals surface area contributed by atoms with Crippen molar-refractivity contribution in [3.63, 3.8) is 0 Å². The van der Waals surface area contributed by atoms with Gasteiger partial charge in [0.2, 0.25) is 5.88 Å². The third-order valence-electron chi connectivity index (χ3n) is 3.89. The van der Waals surface area contributed by atoms with Gasteiger partial charge in [-0.05, 0) is 26.3 Å². The van der Waals surface area contributed by atoms with Crippen LogP contribution in [0.1, 0.15) is 30.1 Å². The smallest absolute Gasteiger partial charge is 0.411 e. The highest BCUT2D eigenvalue weighted by Crippen LogP contribution is 2.38.